The Morgan fingerprint density at radius 2 is 1.96 bits per heavy atom. The van der Waals surface area contributed by atoms with Gasteiger partial charge in [0.05, 0.1) is 11.6 Å². The molecule has 4 nitrogen and oxygen atoms in total. The molecule has 1 aromatic carbocycles. The van der Waals surface area contributed by atoms with E-state index in [0.29, 0.717) is 5.88 Å². The first kappa shape index (κ1) is 18.0. The highest BCUT2D eigenvalue weighted by atomic mass is 19.4. The smallest absolute Gasteiger partial charge is 0.416 e. The summed E-state index contributed by atoms with van der Waals surface area (Å²) in [5, 5.41) is 2.87. The maximum Gasteiger partial charge on any atom is 0.416 e. The molecule has 0 aliphatic heterocycles. The van der Waals surface area contributed by atoms with E-state index in [1.165, 1.54) is 18.2 Å². The second-order valence-corrected chi connectivity index (χ2v) is 5.97. The molecule has 0 saturated carbocycles. The van der Waals surface area contributed by atoms with Gasteiger partial charge in [0.1, 0.15) is 5.75 Å². The Kier molecular flexibility index (Phi) is 4.97. The third-order valence-electron chi connectivity index (χ3n) is 4.17. The number of hydrogen-bond donors (Lipinski definition) is 1. The number of carbonyl (C=O) groups excluding carboxylic acids is 1. The number of carbonyl (C=O) groups is 1. The predicted molar refractivity (Wildman–Crippen MR) is 89.8 cm³/mol. The maximum absolute atomic E-state index is 12.6. The molecule has 0 radical (unpaired) electrons. The van der Waals surface area contributed by atoms with E-state index < -0.39 is 11.7 Å². The van der Waals surface area contributed by atoms with Gasteiger partial charge in [0.2, 0.25) is 11.8 Å². The lowest BCUT2D eigenvalue weighted by atomic mass is 9.91. The van der Waals surface area contributed by atoms with Crippen LogP contribution in [0.3, 0.4) is 0 Å². The molecule has 136 valence electrons. The molecule has 26 heavy (non-hydrogen) atoms. The lowest BCUT2D eigenvalue weighted by Gasteiger charge is -2.25. The lowest BCUT2D eigenvalue weighted by molar-refractivity contribution is -0.137. The first-order chi connectivity index (χ1) is 12.4. The highest BCUT2D eigenvalue weighted by molar-refractivity contribution is 5.87. The van der Waals surface area contributed by atoms with E-state index >= 15 is 0 Å². The van der Waals surface area contributed by atoms with Crippen LogP contribution < -0.4 is 10.1 Å². The number of halogens is 3. The van der Waals surface area contributed by atoms with Crippen molar-refractivity contribution >= 4 is 5.91 Å². The van der Waals surface area contributed by atoms with Crippen molar-refractivity contribution in [1.82, 2.24) is 10.3 Å². The van der Waals surface area contributed by atoms with Gasteiger partial charge in [0.15, 0.2) is 0 Å². The number of alkyl halides is 3. The number of pyridine rings is 1. The number of fused-ring (bicyclic) bond motifs is 1. The zero-order chi connectivity index (χ0) is 18.7. The lowest BCUT2D eigenvalue weighted by Crippen LogP contribution is -2.29. The molecular formula is C19H17F3N2O2. The number of aromatic nitrogens is 1. The number of ether oxygens (including phenoxy) is 1. The van der Waals surface area contributed by atoms with Gasteiger partial charge in [-0.1, -0.05) is 6.58 Å². The fourth-order valence-corrected chi connectivity index (χ4v) is 2.91. The van der Waals surface area contributed by atoms with Crippen molar-refractivity contribution in [3.05, 3.63) is 65.9 Å². The first-order valence-corrected chi connectivity index (χ1v) is 8.14. The predicted octanol–water partition coefficient (Wildman–Crippen LogP) is 4.57. The number of aryl methyl sites for hydroxylation is 1. The maximum atomic E-state index is 12.6. The molecule has 2 aromatic rings. The van der Waals surface area contributed by atoms with Gasteiger partial charge in [-0.25, -0.2) is 4.98 Å². The normalized spacial score (nSPS) is 16.5. The van der Waals surface area contributed by atoms with Gasteiger partial charge in [-0.05, 0) is 61.2 Å². The summed E-state index contributed by atoms with van der Waals surface area (Å²) >= 11 is 0. The minimum absolute atomic E-state index is 0.128. The van der Waals surface area contributed by atoms with Gasteiger partial charge in [0.25, 0.3) is 0 Å². The summed E-state index contributed by atoms with van der Waals surface area (Å²) < 4.78 is 43.4. The quantitative estimate of drug-likeness (QED) is 0.811. The third kappa shape index (κ3) is 4.04. The zero-order valence-corrected chi connectivity index (χ0v) is 13.8. The molecule has 1 aliphatic rings. The van der Waals surface area contributed by atoms with Crippen LogP contribution in [-0.2, 0) is 17.4 Å². The van der Waals surface area contributed by atoms with Gasteiger partial charge < -0.3 is 10.1 Å². The molecule has 1 heterocycles. The van der Waals surface area contributed by atoms with Gasteiger partial charge >= 0.3 is 6.18 Å². The molecule has 1 N–H and O–H groups in total. The van der Waals surface area contributed by atoms with Crippen molar-refractivity contribution in [1.29, 1.82) is 0 Å². The first-order valence-electron chi connectivity index (χ1n) is 8.14. The van der Waals surface area contributed by atoms with Crippen LogP contribution >= 0.6 is 0 Å². The molecule has 0 bridgehead atoms. The second-order valence-electron chi connectivity index (χ2n) is 5.97. The Morgan fingerprint density at radius 3 is 2.62 bits per heavy atom. The summed E-state index contributed by atoms with van der Waals surface area (Å²) in [5.41, 5.74) is 1.00. The van der Waals surface area contributed by atoms with Crippen LogP contribution in [0, 0.1) is 0 Å². The van der Waals surface area contributed by atoms with Gasteiger partial charge in [-0.15, -0.1) is 0 Å². The summed E-state index contributed by atoms with van der Waals surface area (Å²) in [6.45, 7) is 3.45. The van der Waals surface area contributed by atoms with Crippen molar-refractivity contribution in [3.63, 3.8) is 0 Å². The van der Waals surface area contributed by atoms with Crippen LogP contribution in [-0.4, -0.2) is 10.9 Å². The van der Waals surface area contributed by atoms with Crippen molar-refractivity contribution in [2.45, 2.75) is 31.5 Å². The van der Waals surface area contributed by atoms with E-state index in [9.17, 15) is 18.0 Å². The molecule has 0 saturated heterocycles. The highest BCUT2D eigenvalue weighted by Gasteiger charge is 2.30. The fraction of sp³-hybridized carbons (Fsp3) is 0.263. The van der Waals surface area contributed by atoms with Crippen molar-refractivity contribution in [2.75, 3.05) is 0 Å². The van der Waals surface area contributed by atoms with E-state index in [1.807, 2.05) is 6.07 Å². The van der Waals surface area contributed by atoms with Crippen LogP contribution in [0.5, 0.6) is 11.6 Å². The topological polar surface area (TPSA) is 51.2 Å². The highest BCUT2D eigenvalue weighted by Crippen LogP contribution is 2.33. The minimum atomic E-state index is -4.38. The molecule has 1 aliphatic carbocycles. The number of amides is 1. The Morgan fingerprint density at radius 1 is 1.23 bits per heavy atom. The summed E-state index contributed by atoms with van der Waals surface area (Å²) in [6, 6.07) is 7.80. The van der Waals surface area contributed by atoms with Crippen molar-refractivity contribution < 1.29 is 22.7 Å². The van der Waals surface area contributed by atoms with Gasteiger partial charge in [-0.2, -0.15) is 13.2 Å². The molecule has 0 spiro atoms. The van der Waals surface area contributed by atoms with E-state index in [1.54, 1.807) is 6.07 Å². The molecule has 7 heteroatoms. The van der Waals surface area contributed by atoms with E-state index in [4.69, 9.17) is 4.74 Å². The summed E-state index contributed by atoms with van der Waals surface area (Å²) in [4.78, 5) is 16.0. The van der Waals surface area contributed by atoms with Crippen molar-refractivity contribution in [3.8, 4) is 11.6 Å². The summed E-state index contributed by atoms with van der Waals surface area (Å²) in [7, 11) is 0. The third-order valence-corrected chi connectivity index (χ3v) is 4.17. The molecule has 1 amide bonds. The van der Waals surface area contributed by atoms with E-state index in [2.05, 4.69) is 16.9 Å². The number of benzene rings is 1. The van der Waals surface area contributed by atoms with E-state index in [-0.39, 0.29) is 17.7 Å². The Labute approximate surface area is 148 Å². The fourth-order valence-electron chi connectivity index (χ4n) is 2.91. The average molecular weight is 362 g/mol. The monoisotopic (exact) mass is 362 g/mol. The Bertz CT molecular complexity index is 817. The van der Waals surface area contributed by atoms with Crippen molar-refractivity contribution in [2.24, 2.45) is 0 Å². The standard InChI is InChI=1S/C19H17F3N2O2/c1-2-17(25)23-15-4-3-5-16-14(15)10-11-18(24-16)26-13-8-6-12(7-9-13)19(20,21)22/h2,6-11,15H,1,3-5H2,(H,23,25)/t15-/m1/s1. The van der Waals surface area contributed by atoms with Gasteiger partial charge in [0, 0.05) is 11.8 Å². The largest absolute Gasteiger partial charge is 0.439 e. The Hall–Kier alpha value is -2.83. The zero-order valence-electron chi connectivity index (χ0n) is 13.8. The number of nitrogens with one attached hydrogen (secondary N) is 1. The molecular weight excluding hydrogens is 345 g/mol. The summed E-state index contributed by atoms with van der Waals surface area (Å²) in [6.07, 6.45) is -0.726. The number of nitrogens with zero attached hydrogens (tertiary/aromatic N) is 1. The van der Waals surface area contributed by atoms with Crippen LogP contribution in [0.15, 0.2) is 49.1 Å². The number of rotatable bonds is 4. The molecule has 1 atom stereocenters. The van der Waals surface area contributed by atoms with Crippen LogP contribution in [0.1, 0.15) is 35.7 Å². The summed E-state index contributed by atoms with van der Waals surface area (Å²) in [5.74, 6) is 0.338. The molecule has 0 unspecified atom stereocenters. The molecule has 0 fully saturated rings. The van der Waals surface area contributed by atoms with Crippen LogP contribution in [0.4, 0.5) is 13.2 Å². The minimum Gasteiger partial charge on any atom is -0.439 e. The van der Waals surface area contributed by atoms with Crippen LogP contribution in [0.2, 0.25) is 0 Å². The number of hydrogen-bond acceptors (Lipinski definition) is 3. The molecule has 3 rings (SSSR count). The second kappa shape index (κ2) is 7.19. The van der Waals surface area contributed by atoms with Crippen LogP contribution in [0.25, 0.3) is 0 Å². The average Bonchev–Trinajstić information content (AvgIpc) is 2.61. The Balaban J connectivity index is 1.76. The SMILES string of the molecule is C=CC(=O)N[C@@H]1CCCc2nc(Oc3ccc(C(F)(F)F)cc3)ccc21. The van der Waals surface area contributed by atoms with E-state index in [0.717, 1.165) is 42.7 Å². The molecule has 1 aromatic heterocycles. The van der Waals surface area contributed by atoms with Gasteiger partial charge in [-0.3, -0.25) is 4.79 Å².